The average molecular weight is 540 g/mol. The normalized spacial score (nSPS) is 13.2. The molecule has 154 valence electrons. The van der Waals surface area contributed by atoms with Gasteiger partial charge >= 0.3 is 6.18 Å². The fraction of sp³-hybridized carbons (Fsp3) is 0.0870. The summed E-state index contributed by atoms with van der Waals surface area (Å²) in [6, 6.07) is 17.9. The summed E-state index contributed by atoms with van der Waals surface area (Å²) in [7, 11) is 0. The zero-order chi connectivity index (χ0) is 21.9. The molecule has 2 nitrogen and oxygen atoms in total. The van der Waals surface area contributed by atoms with Crippen LogP contribution >= 0.6 is 31.9 Å². The SMILES string of the molecule is O=C(/C(=C\c1ccc(C(F)(F)F)cc1)C(O)c1ccc(Br)cc1)c1ccc(Br)cc1. The Morgan fingerprint density at radius 3 is 1.83 bits per heavy atom. The summed E-state index contributed by atoms with van der Waals surface area (Å²) >= 11 is 6.63. The molecule has 0 aliphatic heterocycles. The second-order valence-electron chi connectivity index (χ2n) is 6.51. The Hall–Kier alpha value is -2.22. The lowest BCUT2D eigenvalue weighted by atomic mass is 9.92. The summed E-state index contributed by atoms with van der Waals surface area (Å²) in [5.41, 5.74) is 0.488. The zero-order valence-electron chi connectivity index (χ0n) is 15.3. The molecule has 0 fully saturated rings. The van der Waals surface area contributed by atoms with Crippen molar-refractivity contribution in [1.82, 2.24) is 0 Å². The maximum atomic E-state index is 13.1. The van der Waals surface area contributed by atoms with Gasteiger partial charge in [0.25, 0.3) is 0 Å². The molecule has 0 radical (unpaired) electrons. The number of ketones is 1. The summed E-state index contributed by atoms with van der Waals surface area (Å²) in [6.07, 6.45) is -4.29. The third-order valence-corrected chi connectivity index (χ3v) is 5.47. The number of hydrogen-bond acceptors (Lipinski definition) is 2. The highest BCUT2D eigenvalue weighted by molar-refractivity contribution is 9.10. The van der Waals surface area contributed by atoms with Gasteiger partial charge in [0.1, 0.15) is 6.10 Å². The van der Waals surface area contributed by atoms with Gasteiger partial charge in [-0.3, -0.25) is 4.79 Å². The van der Waals surface area contributed by atoms with Crippen molar-refractivity contribution in [2.24, 2.45) is 0 Å². The maximum absolute atomic E-state index is 13.1. The summed E-state index contributed by atoms with van der Waals surface area (Å²) in [6.45, 7) is 0. The highest BCUT2D eigenvalue weighted by Gasteiger charge is 2.30. The summed E-state index contributed by atoms with van der Waals surface area (Å²) in [5, 5.41) is 10.9. The van der Waals surface area contributed by atoms with E-state index in [0.717, 1.165) is 21.1 Å². The van der Waals surface area contributed by atoms with Crippen LogP contribution in [-0.2, 0) is 6.18 Å². The van der Waals surface area contributed by atoms with Crippen molar-refractivity contribution in [3.8, 4) is 0 Å². The van der Waals surface area contributed by atoms with Gasteiger partial charge < -0.3 is 5.11 Å². The first-order valence-electron chi connectivity index (χ1n) is 8.78. The fourth-order valence-electron chi connectivity index (χ4n) is 2.81. The molecule has 0 aliphatic rings. The first kappa shape index (κ1) is 22.5. The predicted octanol–water partition coefficient (Wildman–Crippen LogP) is 7.23. The molecule has 0 bridgehead atoms. The Kier molecular flexibility index (Phi) is 6.95. The standard InChI is InChI=1S/C23H15Br2F3O2/c24-18-9-3-15(4-10-18)21(29)20(22(30)16-5-11-19(25)12-6-16)13-14-1-7-17(8-2-14)23(26,27)28/h1-13,21,29H/b20-13-. The molecule has 0 heterocycles. The van der Waals surface area contributed by atoms with Crippen LogP contribution in [0, 0.1) is 0 Å². The zero-order valence-corrected chi connectivity index (χ0v) is 18.5. The van der Waals surface area contributed by atoms with Crippen molar-refractivity contribution in [1.29, 1.82) is 0 Å². The molecule has 3 aromatic rings. The maximum Gasteiger partial charge on any atom is 0.416 e. The fourth-order valence-corrected chi connectivity index (χ4v) is 3.34. The molecule has 1 atom stereocenters. The first-order chi connectivity index (χ1) is 14.1. The van der Waals surface area contributed by atoms with Gasteiger partial charge in [-0.25, -0.2) is 0 Å². The molecule has 0 saturated carbocycles. The van der Waals surface area contributed by atoms with Crippen molar-refractivity contribution in [3.63, 3.8) is 0 Å². The molecule has 0 spiro atoms. The monoisotopic (exact) mass is 538 g/mol. The van der Waals surface area contributed by atoms with Crippen LogP contribution in [-0.4, -0.2) is 10.9 Å². The van der Waals surface area contributed by atoms with Crippen LogP contribution < -0.4 is 0 Å². The number of aliphatic hydroxyl groups is 1. The van der Waals surface area contributed by atoms with E-state index >= 15 is 0 Å². The van der Waals surface area contributed by atoms with Crippen LogP contribution in [0.15, 0.2) is 87.3 Å². The van der Waals surface area contributed by atoms with Gasteiger partial charge in [-0.05, 0) is 65.7 Å². The first-order valence-corrected chi connectivity index (χ1v) is 10.4. The van der Waals surface area contributed by atoms with Crippen molar-refractivity contribution >= 4 is 43.7 Å². The number of alkyl halides is 3. The number of Topliss-reactive ketones (excluding diaryl/α,β-unsaturated/α-hetero) is 1. The Balaban J connectivity index is 2.04. The van der Waals surface area contributed by atoms with Gasteiger partial charge in [0, 0.05) is 20.1 Å². The van der Waals surface area contributed by atoms with Gasteiger partial charge in [-0.15, -0.1) is 0 Å². The Morgan fingerprint density at radius 2 is 1.33 bits per heavy atom. The molecule has 30 heavy (non-hydrogen) atoms. The molecule has 3 rings (SSSR count). The molecule has 1 unspecified atom stereocenters. The average Bonchev–Trinajstić information content (AvgIpc) is 2.72. The van der Waals surface area contributed by atoms with Gasteiger partial charge in [-0.1, -0.05) is 56.1 Å². The summed E-state index contributed by atoms with van der Waals surface area (Å²) < 4.78 is 40.1. The molecule has 1 N–H and O–H groups in total. The van der Waals surface area contributed by atoms with E-state index in [2.05, 4.69) is 31.9 Å². The molecule has 0 aromatic heterocycles. The number of aliphatic hydroxyl groups excluding tert-OH is 1. The third kappa shape index (κ3) is 5.47. The van der Waals surface area contributed by atoms with Gasteiger partial charge in [-0.2, -0.15) is 13.2 Å². The lowest BCUT2D eigenvalue weighted by Gasteiger charge is -2.16. The summed E-state index contributed by atoms with van der Waals surface area (Å²) in [4.78, 5) is 13.1. The van der Waals surface area contributed by atoms with Crippen molar-refractivity contribution in [3.05, 3.63) is 110 Å². The number of halogens is 5. The lowest BCUT2D eigenvalue weighted by molar-refractivity contribution is -0.137. The number of carbonyl (C=O) groups is 1. The largest absolute Gasteiger partial charge is 0.416 e. The van der Waals surface area contributed by atoms with E-state index < -0.39 is 23.6 Å². The van der Waals surface area contributed by atoms with Crippen molar-refractivity contribution < 1.29 is 23.1 Å². The number of rotatable bonds is 5. The Bertz CT molecular complexity index is 1060. The van der Waals surface area contributed by atoms with E-state index in [9.17, 15) is 23.1 Å². The van der Waals surface area contributed by atoms with Crippen LogP contribution in [0.5, 0.6) is 0 Å². The van der Waals surface area contributed by atoms with E-state index in [4.69, 9.17) is 0 Å². The molecule has 0 aliphatic carbocycles. The Labute approximate surface area is 188 Å². The van der Waals surface area contributed by atoms with Crippen LogP contribution in [0.3, 0.4) is 0 Å². The van der Waals surface area contributed by atoms with E-state index in [1.54, 1.807) is 48.5 Å². The van der Waals surface area contributed by atoms with Gasteiger partial charge in [0.15, 0.2) is 5.78 Å². The quantitative estimate of drug-likeness (QED) is 0.274. The number of benzene rings is 3. The van der Waals surface area contributed by atoms with Crippen molar-refractivity contribution in [2.75, 3.05) is 0 Å². The number of hydrogen-bond donors (Lipinski definition) is 1. The smallest absolute Gasteiger partial charge is 0.384 e. The molecular formula is C23H15Br2F3O2. The minimum atomic E-state index is -4.45. The highest BCUT2D eigenvalue weighted by atomic mass is 79.9. The van der Waals surface area contributed by atoms with Crippen molar-refractivity contribution in [2.45, 2.75) is 12.3 Å². The topological polar surface area (TPSA) is 37.3 Å². The minimum absolute atomic E-state index is 0.0550. The molecular weight excluding hydrogens is 525 g/mol. The second-order valence-corrected chi connectivity index (χ2v) is 8.34. The van der Waals surface area contributed by atoms with Crippen LogP contribution in [0.4, 0.5) is 13.2 Å². The van der Waals surface area contributed by atoms with Gasteiger partial charge in [0.2, 0.25) is 0 Å². The van der Waals surface area contributed by atoms with E-state index in [1.165, 1.54) is 18.2 Å². The van der Waals surface area contributed by atoms with Crippen LogP contribution in [0.2, 0.25) is 0 Å². The third-order valence-electron chi connectivity index (χ3n) is 4.41. The molecule has 0 amide bonds. The Morgan fingerprint density at radius 1 is 0.833 bits per heavy atom. The number of carbonyl (C=O) groups excluding carboxylic acids is 1. The molecule has 3 aromatic carbocycles. The van der Waals surface area contributed by atoms with Gasteiger partial charge in [0.05, 0.1) is 5.56 Å². The molecule has 7 heteroatoms. The minimum Gasteiger partial charge on any atom is -0.384 e. The molecule has 0 saturated heterocycles. The van der Waals surface area contributed by atoms with Crippen LogP contribution in [0.25, 0.3) is 6.08 Å². The van der Waals surface area contributed by atoms with Crippen LogP contribution in [0.1, 0.15) is 33.2 Å². The highest BCUT2D eigenvalue weighted by Crippen LogP contribution is 2.31. The van der Waals surface area contributed by atoms with E-state index in [-0.39, 0.29) is 5.57 Å². The second kappa shape index (κ2) is 9.29. The summed E-state index contributed by atoms with van der Waals surface area (Å²) in [5.74, 6) is -0.419. The predicted molar refractivity (Wildman–Crippen MR) is 117 cm³/mol. The van der Waals surface area contributed by atoms with E-state index in [1.807, 2.05) is 0 Å². The van der Waals surface area contributed by atoms with E-state index in [0.29, 0.717) is 16.7 Å². The lowest BCUT2D eigenvalue weighted by Crippen LogP contribution is -2.12.